The number of amides is 1. The summed E-state index contributed by atoms with van der Waals surface area (Å²) in [6.07, 6.45) is -2.09. The van der Waals surface area contributed by atoms with E-state index >= 15 is 0 Å². The van der Waals surface area contributed by atoms with Gasteiger partial charge in [-0.15, -0.1) is 23.7 Å². The lowest BCUT2D eigenvalue weighted by Gasteiger charge is -2.16. The molecular formula is C13H19ClF3N3OS. The second kappa shape index (κ2) is 8.12. The predicted octanol–water partition coefficient (Wildman–Crippen LogP) is 2.93. The zero-order chi connectivity index (χ0) is 15.5. The van der Waals surface area contributed by atoms with Crippen molar-refractivity contribution in [1.29, 1.82) is 0 Å². The Balaban J connectivity index is 0.00000242. The Morgan fingerprint density at radius 3 is 2.82 bits per heavy atom. The largest absolute Gasteiger partial charge is 0.434 e. The smallest absolute Gasteiger partial charge is 0.339 e. The number of thiazole rings is 1. The molecule has 9 heteroatoms. The van der Waals surface area contributed by atoms with Crippen molar-refractivity contribution in [2.24, 2.45) is 5.92 Å². The third kappa shape index (κ3) is 5.40. The van der Waals surface area contributed by atoms with Crippen molar-refractivity contribution in [2.45, 2.75) is 32.0 Å². The molecule has 4 nitrogen and oxygen atoms in total. The molecule has 1 N–H and O–H groups in total. The minimum absolute atomic E-state index is 0. The lowest BCUT2D eigenvalue weighted by Crippen LogP contribution is -2.26. The maximum atomic E-state index is 12.4. The van der Waals surface area contributed by atoms with Crippen molar-refractivity contribution in [3.63, 3.8) is 0 Å². The van der Waals surface area contributed by atoms with Crippen molar-refractivity contribution in [1.82, 2.24) is 15.2 Å². The second-order valence-electron chi connectivity index (χ2n) is 5.27. The average Bonchev–Trinajstić information content (AvgIpc) is 3.05. The summed E-state index contributed by atoms with van der Waals surface area (Å²) in [6, 6.07) is 0. The van der Waals surface area contributed by atoms with Crippen LogP contribution in [0.1, 0.15) is 30.0 Å². The number of carbonyl (C=O) groups excluding carboxylic acids is 1. The summed E-state index contributed by atoms with van der Waals surface area (Å²) >= 11 is 0.931. The molecule has 1 aromatic rings. The maximum absolute atomic E-state index is 12.4. The molecule has 1 saturated heterocycles. The molecule has 126 valence electrons. The van der Waals surface area contributed by atoms with Gasteiger partial charge in [-0.1, -0.05) is 0 Å². The van der Waals surface area contributed by atoms with Crippen molar-refractivity contribution < 1.29 is 18.0 Å². The van der Waals surface area contributed by atoms with Crippen LogP contribution in [0.5, 0.6) is 0 Å². The van der Waals surface area contributed by atoms with E-state index in [1.165, 1.54) is 4.90 Å². The van der Waals surface area contributed by atoms with Gasteiger partial charge in [0.2, 0.25) is 5.91 Å². The first kappa shape index (κ1) is 19.2. The molecule has 0 radical (unpaired) electrons. The molecule has 1 aromatic heterocycles. The Hall–Kier alpha value is -0.860. The fraction of sp³-hybridized carbons (Fsp3) is 0.692. The maximum Gasteiger partial charge on any atom is 0.434 e. The second-order valence-corrected chi connectivity index (χ2v) is 6.21. The Kier molecular flexibility index (Phi) is 7.08. The minimum Gasteiger partial charge on any atom is -0.339 e. The van der Waals surface area contributed by atoms with E-state index in [-0.39, 0.29) is 24.9 Å². The number of rotatable bonds is 5. The SMILES string of the molecule is CN(Cc1nc(C(F)(F)F)cs1)C(=O)CCC1CCNC1.Cl. The highest BCUT2D eigenvalue weighted by Gasteiger charge is 2.33. The third-order valence-corrected chi connectivity index (χ3v) is 4.40. The molecule has 1 atom stereocenters. The first-order chi connectivity index (χ1) is 9.86. The Morgan fingerprint density at radius 1 is 1.55 bits per heavy atom. The molecule has 2 rings (SSSR count). The molecule has 2 heterocycles. The number of hydrogen-bond donors (Lipinski definition) is 1. The fourth-order valence-electron chi connectivity index (χ4n) is 2.28. The van der Waals surface area contributed by atoms with Crippen LogP contribution in [0.3, 0.4) is 0 Å². The lowest BCUT2D eigenvalue weighted by atomic mass is 10.0. The van der Waals surface area contributed by atoms with Crippen molar-refractivity contribution in [3.05, 3.63) is 16.1 Å². The average molecular weight is 358 g/mol. The van der Waals surface area contributed by atoms with E-state index in [4.69, 9.17) is 0 Å². The van der Waals surface area contributed by atoms with Crippen molar-refractivity contribution >= 4 is 29.7 Å². The molecule has 1 fully saturated rings. The normalized spacial score (nSPS) is 18.1. The third-order valence-electron chi connectivity index (χ3n) is 3.57. The molecule has 0 aliphatic carbocycles. The highest BCUT2D eigenvalue weighted by atomic mass is 35.5. The van der Waals surface area contributed by atoms with Crippen molar-refractivity contribution in [2.75, 3.05) is 20.1 Å². The number of carbonyl (C=O) groups is 1. The minimum atomic E-state index is -4.42. The van der Waals surface area contributed by atoms with E-state index in [1.54, 1.807) is 7.05 Å². The number of halogens is 4. The number of aromatic nitrogens is 1. The summed E-state index contributed by atoms with van der Waals surface area (Å²) in [7, 11) is 1.60. The lowest BCUT2D eigenvalue weighted by molar-refractivity contribution is -0.140. The van der Waals surface area contributed by atoms with Crippen LogP contribution in [-0.2, 0) is 17.5 Å². The van der Waals surface area contributed by atoms with Gasteiger partial charge in [0, 0.05) is 18.8 Å². The molecule has 0 saturated carbocycles. The van der Waals surface area contributed by atoms with Gasteiger partial charge in [-0.2, -0.15) is 13.2 Å². The number of nitrogens with one attached hydrogen (secondary N) is 1. The molecule has 22 heavy (non-hydrogen) atoms. The van der Waals surface area contributed by atoms with Crippen molar-refractivity contribution in [3.8, 4) is 0 Å². The van der Waals surface area contributed by atoms with Gasteiger partial charge in [0.1, 0.15) is 5.01 Å². The highest BCUT2D eigenvalue weighted by molar-refractivity contribution is 7.09. The van der Waals surface area contributed by atoms with Crippen LogP contribution in [0.2, 0.25) is 0 Å². The molecule has 0 aromatic carbocycles. The van der Waals surface area contributed by atoms with E-state index in [0.717, 1.165) is 42.6 Å². The molecule has 1 aliphatic rings. The van der Waals surface area contributed by atoms with Crippen LogP contribution in [0.15, 0.2) is 5.38 Å². The first-order valence-corrected chi connectivity index (χ1v) is 7.70. The summed E-state index contributed by atoms with van der Waals surface area (Å²) in [5.41, 5.74) is -0.889. The van der Waals surface area contributed by atoms with E-state index in [1.807, 2.05) is 0 Å². The van der Waals surface area contributed by atoms with Crippen LogP contribution >= 0.6 is 23.7 Å². The van der Waals surface area contributed by atoms with Crippen LogP contribution in [0.25, 0.3) is 0 Å². The molecule has 0 bridgehead atoms. The van der Waals surface area contributed by atoms with Crippen LogP contribution < -0.4 is 5.32 Å². The summed E-state index contributed by atoms with van der Waals surface area (Å²) in [5, 5.41) is 4.53. The van der Waals surface area contributed by atoms with Crippen LogP contribution in [-0.4, -0.2) is 35.9 Å². The fourth-order valence-corrected chi connectivity index (χ4v) is 3.14. The number of nitrogens with zero attached hydrogens (tertiary/aromatic N) is 2. The molecular weight excluding hydrogens is 339 g/mol. The number of hydrogen-bond acceptors (Lipinski definition) is 4. The summed E-state index contributed by atoms with van der Waals surface area (Å²) in [5.74, 6) is 0.477. The molecule has 0 spiro atoms. The molecule has 1 amide bonds. The van der Waals surface area contributed by atoms with Gasteiger partial charge in [-0.25, -0.2) is 4.98 Å². The summed E-state index contributed by atoms with van der Waals surface area (Å²) < 4.78 is 37.3. The van der Waals surface area contributed by atoms with E-state index in [0.29, 0.717) is 17.3 Å². The zero-order valence-electron chi connectivity index (χ0n) is 12.2. The Labute approximate surface area is 137 Å². The summed E-state index contributed by atoms with van der Waals surface area (Å²) in [4.78, 5) is 16.9. The topological polar surface area (TPSA) is 45.2 Å². The van der Waals surface area contributed by atoms with Gasteiger partial charge < -0.3 is 10.2 Å². The van der Waals surface area contributed by atoms with Gasteiger partial charge in [-0.3, -0.25) is 4.79 Å². The van der Waals surface area contributed by atoms with Gasteiger partial charge in [0.25, 0.3) is 0 Å². The molecule has 1 aliphatic heterocycles. The van der Waals surface area contributed by atoms with Crippen LogP contribution in [0.4, 0.5) is 13.2 Å². The van der Waals surface area contributed by atoms with E-state index in [9.17, 15) is 18.0 Å². The van der Waals surface area contributed by atoms with Crippen LogP contribution in [0, 0.1) is 5.92 Å². The summed E-state index contributed by atoms with van der Waals surface area (Å²) in [6.45, 7) is 2.06. The van der Waals surface area contributed by atoms with E-state index < -0.39 is 11.9 Å². The van der Waals surface area contributed by atoms with E-state index in [2.05, 4.69) is 10.3 Å². The predicted molar refractivity (Wildman–Crippen MR) is 81.0 cm³/mol. The first-order valence-electron chi connectivity index (χ1n) is 6.82. The van der Waals surface area contributed by atoms with Gasteiger partial charge in [-0.05, 0) is 31.8 Å². The molecule has 1 unspecified atom stereocenters. The Bertz CT molecular complexity index is 489. The monoisotopic (exact) mass is 357 g/mol. The highest BCUT2D eigenvalue weighted by Crippen LogP contribution is 2.30. The number of alkyl halides is 3. The zero-order valence-corrected chi connectivity index (χ0v) is 13.8. The van der Waals surface area contributed by atoms with Gasteiger partial charge in [0.05, 0.1) is 6.54 Å². The Morgan fingerprint density at radius 2 is 2.27 bits per heavy atom. The van der Waals surface area contributed by atoms with Gasteiger partial charge >= 0.3 is 6.18 Å². The standard InChI is InChI=1S/C13H18F3N3OS.ClH/c1-19(12(20)3-2-9-4-5-17-6-9)7-11-18-10(8-21-11)13(14,15)16;/h8-9,17H,2-7H2,1H3;1H. The van der Waals surface area contributed by atoms with Gasteiger partial charge in [0.15, 0.2) is 5.69 Å². The quantitative estimate of drug-likeness (QED) is 0.881.